The number of nitrogens with zero attached hydrogens (tertiary/aromatic N) is 3. The number of carbonyl (C=O) groups is 1. The maximum Gasteiger partial charge on any atom is 0.333 e. The van der Waals surface area contributed by atoms with Crippen molar-refractivity contribution in [1.29, 1.82) is 5.26 Å². The zero-order chi connectivity index (χ0) is 18.1. The fourth-order valence-corrected chi connectivity index (χ4v) is 1.74. The summed E-state index contributed by atoms with van der Waals surface area (Å²) in [4.78, 5) is 11.2. The van der Waals surface area contributed by atoms with E-state index in [2.05, 4.69) is 16.8 Å². The molecule has 0 atom stereocenters. The SMILES string of the molecule is C=C(C)C(=O)OCCOc1ccc(N=Nc2ccc(C#N)cc2)cc1. The molecule has 2 aromatic carbocycles. The van der Waals surface area contributed by atoms with Crippen molar-refractivity contribution in [2.24, 2.45) is 10.2 Å². The van der Waals surface area contributed by atoms with Crippen molar-refractivity contribution >= 4 is 17.3 Å². The lowest BCUT2D eigenvalue weighted by Crippen LogP contribution is -2.12. The zero-order valence-electron chi connectivity index (χ0n) is 13.8. The fraction of sp³-hybridized carbons (Fsp3) is 0.158. The summed E-state index contributed by atoms with van der Waals surface area (Å²) in [5.41, 5.74) is 2.27. The second kappa shape index (κ2) is 8.99. The molecule has 0 aliphatic carbocycles. The van der Waals surface area contributed by atoms with E-state index in [1.807, 2.05) is 6.07 Å². The van der Waals surface area contributed by atoms with E-state index in [0.29, 0.717) is 28.3 Å². The van der Waals surface area contributed by atoms with Crippen LogP contribution in [0.15, 0.2) is 70.9 Å². The molecule has 0 unspecified atom stereocenters. The minimum absolute atomic E-state index is 0.159. The molecule has 0 N–H and O–H groups in total. The van der Waals surface area contributed by atoms with Gasteiger partial charge in [-0.3, -0.25) is 0 Å². The Morgan fingerprint density at radius 1 is 1.04 bits per heavy atom. The predicted molar refractivity (Wildman–Crippen MR) is 93.0 cm³/mol. The highest BCUT2D eigenvalue weighted by molar-refractivity contribution is 5.86. The second-order valence-electron chi connectivity index (χ2n) is 5.12. The van der Waals surface area contributed by atoms with Crippen molar-refractivity contribution < 1.29 is 14.3 Å². The Balaban J connectivity index is 1.83. The highest BCUT2D eigenvalue weighted by Gasteiger charge is 2.02. The van der Waals surface area contributed by atoms with E-state index in [0.717, 1.165) is 0 Å². The third-order valence-electron chi connectivity index (χ3n) is 3.05. The van der Waals surface area contributed by atoms with Crippen molar-refractivity contribution in [3.8, 4) is 11.8 Å². The predicted octanol–water partition coefficient (Wildman–Crippen LogP) is 4.47. The van der Waals surface area contributed by atoms with E-state index >= 15 is 0 Å². The van der Waals surface area contributed by atoms with E-state index in [1.165, 1.54) is 0 Å². The summed E-state index contributed by atoms with van der Waals surface area (Å²) in [7, 11) is 0. The van der Waals surface area contributed by atoms with E-state index in [4.69, 9.17) is 14.7 Å². The van der Waals surface area contributed by atoms with Crippen LogP contribution in [0.25, 0.3) is 0 Å². The first-order chi connectivity index (χ1) is 12.1. The van der Waals surface area contributed by atoms with Gasteiger partial charge in [-0.25, -0.2) is 4.79 Å². The first-order valence-corrected chi connectivity index (χ1v) is 7.56. The minimum atomic E-state index is -0.429. The summed E-state index contributed by atoms with van der Waals surface area (Å²) in [5.74, 6) is 0.214. The molecule has 0 radical (unpaired) electrons. The molecule has 2 rings (SSSR count). The smallest absolute Gasteiger partial charge is 0.333 e. The van der Waals surface area contributed by atoms with Gasteiger partial charge in [-0.1, -0.05) is 6.58 Å². The summed E-state index contributed by atoms with van der Waals surface area (Å²) in [6.45, 7) is 5.51. The molecule has 6 heteroatoms. The van der Waals surface area contributed by atoms with Crippen molar-refractivity contribution in [1.82, 2.24) is 0 Å². The minimum Gasteiger partial charge on any atom is -0.490 e. The van der Waals surface area contributed by atoms with Crippen LogP contribution in [0.5, 0.6) is 5.75 Å². The van der Waals surface area contributed by atoms with Gasteiger partial charge in [-0.2, -0.15) is 15.5 Å². The van der Waals surface area contributed by atoms with Gasteiger partial charge in [-0.05, 0) is 55.5 Å². The maximum atomic E-state index is 11.2. The van der Waals surface area contributed by atoms with E-state index in [-0.39, 0.29) is 13.2 Å². The molecule has 2 aromatic rings. The van der Waals surface area contributed by atoms with Crippen LogP contribution in [0.2, 0.25) is 0 Å². The Morgan fingerprint density at radius 3 is 2.12 bits per heavy atom. The second-order valence-corrected chi connectivity index (χ2v) is 5.12. The van der Waals surface area contributed by atoms with Crippen molar-refractivity contribution in [3.63, 3.8) is 0 Å². The van der Waals surface area contributed by atoms with Gasteiger partial charge in [0.2, 0.25) is 0 Å². The van der Waals surface area contributed by atoms with Crippen LogP contribution in [-0.2, 0) is 9.53 Å². The number of benzene rings is 2. The van der Waals surface area contributed by atoms with Crippen LogP contribution in [0.1, 0.15) is 12.5 Å². The largest absolute Gasteiger partial charge is 0.490 e. The lowest BCUT2D eigenvalue weighted by Gasteiger charge is -2.07. The summed E-state index contributed by atoms with van der Waals surface area (Å²) in [5, 5.41) is 17.0. The molecule has 0 aliphatic heterocycles. The molecular formula is C19H17N3O3. The molecule has 126 valence electrons. The fourth-order valence-electron chi connectivity index (χ4n) is 1.74. The summed E-state index contributed by atoms with van der Waals surface area (Å²) in [6, 6.07) is 15.9. The van der Waals surface area contributed by atoms with Crippen LogP contribution in [-0.4, -0.2) is 19.2 Å². The third kappa shape index (κ3) is 5.92. The standard InChI is InChI=1S/C19H17N3O3/c1-14(2)19(23)25-12-11-24-18-9-7-17(8-10-18)22-21-16-5-3-15(13-20)4-6-16/h3-10H,1,11-12H2,2H3. The quantitative estimate of drug-likeness (QED) is 0.323. The van der Waals surface area contributed by atoms with Gasteiger partial charge in [0.1, 0.15) is 19.0 Å². The van der Waals surface area contributed by atoms with Gasteiger partial charge >= 0.3 is 5.97 Å². The molecule has 0 saturated heterocycles. The zero-order valence-corrected chi connectivity index (χ0v) is 13.8. The van der Waals surface area contributed by atoms with Crippen LogP contribution < -0.4 is 4.74 Å². The maximum absolute atomic E-state index is 11.2. The molecule has 0 fully saturated rings. The number of rotatable bonds is 7. The van der Waals surface area contributed by atoms with E-state index in [1.54, 1.807) is 55.5 Å². The number of esters is 1. The normalized spacial score (nSPS) is 10.2. The summed E-state index contributed by atoms with van der Waals surface area (Å²) < 4.78 is 10.4. The molecular weight excluding hydrogens is 318 g/mol. The molecule has 25 heavy (non-hydrogen) atoms. The summed E-state index contributed by atoms with van der Waals surface area (Å²) in [6.07, 6.45) is 0. The Kier molecular flexibility index (Phi) is 6.43. The van der Waals surface area contributed by atoms with E-state index < -0.39 is 5.97 Å². The van der Waals surface area contributed by atoms with Gasteiger partial charge in [0.15, 0.2) is 0 Å². The number of nitriles is 1. The molecule has 0 bridgehead atoms. The van der Waals surface area contributed by atoms with Gasteiger partial charge in [0.05, 0.1) is 23.0 Å². The molecule has 0 aliphatic rings. The van der Waals surface area contributed by atoms with Crippen LogP contribution in [0.3, 0.4) is 0 Å². The van der Waals surface area contributed by atoms with Gasteiger partial charge in [0.25, 0.3) is 0 Å². The lowest BCUT2D eigenvalue weighted by molar-refractivity contribution is -0.139. The first kappa shape index (κ1) is 17.9. The summed E-state index contributed by atoms with van der Waals surface area (Å²) >= 11 is 0. The van der Waals surface area contributed by atoms with Crippen LogP contribution in [0.4, 0.5) is 11.4 Å². The Hall–Kier alpha value is -3.46. The highest BCUT2D eigenvalue weighted by Crippen LogP contribution is 2.21. The van der Waals surface area contributed by atoms with Crippen molar-refractivity contribution in [3.05, 3.63) is 66.2 Å². The van der Waals surface area contributed by atoms with Crippen molar-refractivity contribution in [2.75, 3.05) is 13.2 Å². The van der Waals surface area contributed by atoms with Crippen LogP contribution in [0, 0.1) is 11.3 Å². The van der Waals surface area contributed by atoms with Crippen LogP contribution >= 0.6 is 0 Å². The topological polar surface area (TPSA) is 84.0 Å². The Morgan fingerprint density at radius 2 is 1.60 bits per heavy atom. The Labute approximate surface area is 146 Å². The molecule has 0 saturated carbocycles. The number of hydrogen-bond donors (Lipinski definition) is 0. The number of hydrogen-bond acceptors (Lipinski definition) is 6. The van der Waals surface area contributed by atoms with Gasteiger partial charge in [-0.15, -0.1) is 0 Å². The lowest BCUT2D eigenvalue weighted by atomic mass is 10.2. The molecule has 0 amide bonds. The average Bonchev–Trinajstić information content (AvgIpc) is 2.64. The average molecular weight is 335 g/mol. The number of ether oxygens (including phenoxy) is 2. The number of carbonyl (C=O) groups excluding carboxylic acids is 1. The van der Waals surface area contributed by atoms with Gasteiger partial charge in [0, 0.05) is 5.57 Å². The monoisotopic (exact) mass is 335 g/mol. The Bertz CT molecular complexity index is 803. The molecule has 0 spiro atoms. The van der Waals surface area contributed by atoms with E-state index in [9.17, 15) is 4.79 Å². The first-order valence-electron chi connectivity index (χ1n) is 7.56. The molecule has 6 nitrogen and oxygen atoms in total. The third-order valence-corrected chi connectivity index (χ3v) is 3.05. The van der Waals surface area contributed by atoms with Gasteiger partial charge < -0.3 is 9.47 Å². The number of azo groups is 1. The molecule has 0 heterocycles. The van der Waals surface area contributed by atoms with Crippen molar-refractivity contribution in [2.45, 2.75) is 6.92 Å². The highest BCUT2D eigenvalue weighted by atomic mass is 16.6. The molecule has 0 aromatic heterocycles.